The van der Waals surface area contributed by atoms with Crippen molar-refractivity contribution >= 4 is 17.7 Å². The molecule has 200 valence electrons. The van der Waals surface area contributed by atoms with Crippen LogP contribution >= 0.6 is 0 Å². The van der Waals surface area contributed by atoms with Crippen LogP contribution in [0.1, 0.15) is 49.7 Å². The van der Waals surface area contributed by atoms with Gasteiger partial charge in [-0.25, -0.2) is 4.79 Å². The molecule has 2 atom stereocenters. The molecule has 2 aromatic carbocycles. The van der Waals surface area contributed by atoms with Gasteiger partial charge in [0.1, 0.15) is 0 Å². The first-order valence-electron chi connectivity index (χ1n) is 12.1. The summed E-state index contributed by atoms with van der Waals surface area (Å²) >= 11 is 0. The summed E-state index contributed by atoms with van der Waals surface area (Å²) in [4.78, 5) is 38.2. The highest BCUT2D eigenvalue weighted by molar-refractivity contribution is 6.04. The van der Waals surface area contributed by atoms with Gasteiger partial charge in [-0.15, -0.1) is 0 Å². The topological polar surface area (TPSA) is 109 Å². The lowest BCUT2D eigenvalue weighted by molar-refractivity contribution is -0.136. The molecule has 2 aliphatic rings. The van der Waals surface area contributed by atoms with Crippen molar-refractivity contribution in [2.45, 2.75) is 38.5 Å². The first kappa shape index (κ1) is 26.8. The zero-order valence-electron chi connectivity index (χ0n) is 22.3. The molecular weight excluding hydrogens is 490 g/mol. The number of Topliss-reactive ketones (excluding diaryl/α,β-unsaturated/α-hetero) is 1. The molecule has 0 fully saturated rings. The Bertz CT molecular complexity index is 1360. The standard InChI is InChI=1S/C29H31NO8/c1-15-26(29(33)37-6)27(18-8-10-23(38-16(2)31)25(14-18)36-5)28-20(30-15)11-19(12-21(28)32)17-7-9-22(34-3)24(13-17)35-4/h7-10,13-14,19,27,30H,11-12H2,1-6H3/t19-,27+/m1/s1. The van der Waals surface area contributed by atoms with Gasteiger partial charge in [-0.3, -0.25) is 9.59 Å². The van der Waals surface area contributed by atoms with Crippen LogP contribution in [-0.2, 0) is 19.1 Å². The molecule has 0 saturated heterocycles. The molecule has 0 spiro atoms. The van der Waals surface area contributed by atoms with Crippen LogP contribution in [0.15, 0.2) is 58.9 Å². The van der Waals surface area contributed by atoms with E-state index >= 15 is 0 Å². The monoisotopic (exact) mass is 521 g/mol. The number of benzene rings is 2. The minimum Gasteiger partial charge on any atom is -0.493 e. The Morgan fingerprint density at radius 1 is 0.842 bits per heavy atom. The minimum atomic E-state index is -0.683. The fourth-order valence-corrected chi connectivity index (χ4v) is 5.20. The SMILES string of the molecule is COC(=O)C1=C(C)NC2=C(C(=O)C[C@H](c3ccc(OC)c(OC)c3)C2)[C@H]1c1ccc(OC(C)=O)c(OC)c1. The quantitative estimate of drug-likeness (QED) is 0.424. The number of hydrogen-bond acceptors (Lipinski definition) is 9. The van der Waals surface area contributed by atoms with Crippen molar-refractivity contribution in [1.82, 2.24) is 5.32 Å². The first-order valence-corrected chi connectivity index (χ1v) is 12.1. The number of dihydropyridines is 1. The van der Waals surface area contributed by atoms with Crippen LogP contribution in [0.4, 0.5) is 0 Å². The molecule has 1 heterocycles. The lowest BCUT2D eigenvalue weighted by atomic mass is 9.71. The molecule has 1 aliphatic heterocycles. The number of nitrogens with one attached hydrogen (secondary N) is 1. The number of carbonyl (C=O) groups is 3. The Morgan fingerprint density at radius 3 is 2.08 bits per heavy atom. The third-order valence-electron chi connectivity index (χ3n) is 6.89. The van der Waals surface area contributed by atoms with Gasteiger partial charge in [0.05, 0.1) is 34.0 Å². The summed E-state index contributed by atoms with van der Waals surface area (Å²) in [5.41, 5.74) is 3.79. The second-order valence-corrected chi connectivity index (χ2v) is 9.13. The van der Waals surface area contributed by atoms with Crippen LogP contribution in [0.2, 0.25) is 0 Å². The van der Waals surface area contributed by atoms with Gasteiger partial charge in [-0.1, -0.05) is 12.1 Å². The van der Waals surface area contributed by atoms with Crippen LogP contribution in [0.25, 0.3) is 0 Å². The predicted octanol–water partition coefficient (Wildman–Crippen LogP) is 4.17. The fraction of sp³-hybridized carbons (Fsp3) is 0.345. The van der Waals surface area contributed by atoms with E-state index in [4.69, 9.17) is 23.7 Å². The van der Waals surface area contributed by atoms with Gasteiger partial charge >= 0.3 is 11.9 Å². The number of rotatable bonds is 7. The number of esters is 2. The van der Waals surface area contributed by atoms with Crippen LogP contribution in [0.5, 0.6) is 23.0 Å². The lowest BCUT2D eigenvalue weighted by Gasteiger charge is -2.36. The van der Waals surface area contributed by atoms with Crippen LogP contribution in [0.3, 0.4) is 0 Å². The van der Waals surface area contributed by atoms with Crippen molar-refractivity contribution in [2.75, 3.05) is 28.4 Å². The average Bonchev–Trinajstić information content (AvgIpc) is 2.91. The van der Waals surface area contributed by atoms with Crippen molar-refractivity contribution < 1.29 is 38.1 Å². The smallest absolute Gasteiger partial charge is 0.336 e. The molecule has 9 heteroatoms. The molecule has 0 amide bonds. The van der Waals surface area contributed by atoms with E-state index in [0.717, 1.165) is 11.3 Å². The van der Waals surface area contributed by atoms with E-state index in [9.17, 15) is 14.4 Å². The molecule has 9 nitrogen and oxygen atoms in total. The maximum Gasteiger partial charge on any atom is 0.336 e. The highest BCUT2D eigenvalue weighted by Gasteiger charge is 2.41. The van der Waals surface area contributed by atoms with E-state index in [1.807, 2.05) is 18.2 Å². The Hall–Kier alpha value is -4.27. The van der Waals surface area contributed by atoms with Crippen molar-refractivity contribution in [1.29, 1.82) is 0 Å². The molecule has 0 aromatic heterocycles. The van der Waals surface area contributed by atoms with Gasteiger partial charge in [0.2, 0.25) is 0 Å². The van der Waals surface area contributed by atoms with Crippen LogP contribution in [0, 0.1) is 0 Å². The number of hydrogen-bond donors (Lipinski definition) is 1. The average molecular weight is 522 g/mol. The highest BCUT2D eigenvalue weighted by Crippen LogP contribution is 2.47. The molecule has 0 saturated carbocycles. The van der Waals surface area contributed by atoms with E-state index in [1.165, 1.54) is 21.1 Å². The van der Waals surface area contributed by atoms with Gasteiger partial charge in [-0.05, 0) is 54.7 Å². The van der Waals surface area contributed by atoms with E-state index < -0.39 is 17.9 Å². The number of ketones is 1. The lowest BCUT2D eigenvalue weighted by Crippen LogP contribution is -2.36. The first-order chi connectivity index (χ1) is 18.2. The highest BCUT2D eigenvalue weighted by atomic mass is 16.6. The second kappa shape index (κ2) is 11.0. The summed E-state index contributed by atoms with van der Waals surface area (Å²) in [5.74, 6) is -0.122. The van der Waals surface area contributed by atoms with E-state index in [1.54, 1.807) is 39.3 Å². The second-order valence-electron chi connectivity index (χ2n) is 9.13. The van der Waals surface area contributed by atoms with Gasteiger partial charge in [0.15, 0.2) is 28.8 Å². The van der Waals surface area contributed by atoms with Crippen molar-refractivity contribution in [2.24, 2.45) is 0 Å². The number of carbonyl (C=O) groups excluding carboxylic acids is 3. The predicted molar refractivity (Wildman–Crippen MR) is 138 cm³/mol. The summed E-state index contributed by atoms with van der Waals surface area (Å²) in [6.45, 7) is 3.09. The molecule has 2 aromatic rings. The van der Waals surface area contributed by atoms with E-state index in [0.29, 0.717) is 46.1 Å². The van der Waals surface area contributed by atoms with Gasteiger partial charge in [0, 0.05) is 36.2 Å². The Morgan fingerprint density at radius 2 is 1.45 bits per heavy atom. The van der Waals surface area contributed by atoms with Crippen LogP contribution in [-0.4, -0.2) is 46.2 Å². The zero-order chi connectivity index (χ0) is 27.6. The number of allylic oxidation sites excluding steroid dienone is 3. The van der Waals surface area contributed by atoms with Crippen molar-refractivity contribution in [3.05, 3.63) is 70.1 Å². The molecular formula is C29H31NO8. The zero-order valence-corrected chi connectivity index (χ0v) is 22.3. The summed E-state index contributed by atoms with van der Waals surface area (Å²) in [6, 6.07) is 10.7. The minimum absolute atomic E-state index is 0.0829. The summed E-state index contributed by atoms with van der Waals surface area (Å²) < 4.78 is 26.6. The number of methoxy groups -OCH3 is 4. The summed E-state index contributed by atoms with van der Waals surface area (Å²) in [7, 11) is 5.92. The third kappa shape index (κ3) is 4.96. The fourth-order valence-electron chi connectivity index (χ4n) is 5.20. The normalized spacial score (nSPS) is 18.8. The van der Waals surface area contributed by atoms with E-state index in [2.05, 4.69) is 5.32 Å². The molecule has 0 unspecified atom stereocenters. The maximum absolute atomic E-state index is 13.8. The Labute approximate surface area is 221 Å². The Kier molecular flexibility index (Phi) is 7.75. The van der Waals surface area contributed by atoms with Crippen molar-refractivity contribution in [3.63, 3.8) is 0 Å². The van der Waals surface area contributed by atoms with Gasteiger partial charge in [0.25, 0.3) is 0 Å². The molecule has 4 rings (SSSR count). The molecule has 1 N–H and O–H groups in total. The molecule has 1 aliphatic carbocycles. The van der Waals surface area contributed by atoms with Crippen molar-refractivity contribution in [3.8, 4) is 23.0 Å². The molecule has 0 radical (unpaired) electrons. The molecule has 0 bridgehead atoms. The van der Waals surface area contributed by atoms with Gasteiger partial charge in [-0.2, -0.15) is 0 Å². The van der Waals surface area contributed by atoms with E-state index in [-0.39, 0.29) is 23.9 Å². The summed E-state index contributed by atoms with van der Waals surface area (Å²) in [5, 5.41) is 3.31. The third-order valence-corrected chi connectivity index (χ3v) is 6.89. The summed E-state index contributed by atoms with van der Waals surface area (Å²) in [6.07, 6.45) is 0.810. The van der Waals surface area contributed by atoms with Gasteiger partial charge < -0.3 is 29.0 Å². The Balaban J connectivity index is 1.80. The van der Waals surface area contributed by atoms with Crippen LogP contribution < -0.4 is 24.3 Å². The molecule has 38 heavy (non-hydrogen) atoms. The maximum atomic E-state index is 13.8. The number of ether oxygens (including phenoxy) is 5. The largest absolute Gasteiger partial charge is 0.493 e.